The molecule has 1 saturated carbocycles. The fourth-order valence-corrected chi connectivity index (χ4v) is 3.15. The van der Waals surface area contributed by atoms with Crippen LogP contribution in [-0.2, 0) is 0 Å². The van der Waals surface area contributed by atoms with E-state index in [9.17, 15) is 0 Å². The molecular weight excluding hydrogens is 312 g/mol. The van der Waals surface area contributed by atoms with Crippen LogP contribution in [0.15, 0.2) is 41.0 Å². The summed E-state index contributed by atoms with van der Waals surface area (Å²) in [6.07, 6.45) is 2.41. The Kier molecular flexibility index (Phi) is 3.79. The summed E-state index contributed by atoms with van der Waals surface area (Å²) >= 11 is 3.40. The minimum Gasteiger partial charge on any atom is -0.381 e. The minimum atomic E-state index is 0.572. The van der Waals surface area contributed by atoms with Gasteiger partial charge in [-0.3, -0.25) is 0 Å². The molecule has 1 aromatic heterocycles. The van der Waals surface area contributed by atoms with E-state index >= 15 is 0 Å². The zero-order valence-electron chi connectivity index (χ0n) is 11.9. The molecule has 3 rings (SSSR count). The molecule has 2 nitrogen and oxygen atoms in total. The highest BCUT2D eigenvalue weighted by Crippen LogP contribution is 2.38. The maximum atomic E-state index is 4.43. The van der Waals surface area contributed by atoms with Gasteiger partial charge in [0, 0.05) is 6.04 Å². The summed E-state index contributed by atoms with van der Waals surface area (Å²) in [6.45, 7) is 4.18. The highest BCUT2D eigenvalue weighted by Gasteiger charge is 2.30. The fraction of sp³-hybridized carbons (Fsp3) is 0.353. The van der Waals surface area contributed by atoms with Gasteiger partial charge in [-0.05, 0) is 66.2 Å². The van der Waals surface area contributed by atoms with Gasteiger partial charge < -0.3 is 5.32 Å². The average molecular weight is 331 g/mol. The molecule has 20 heavy (non-hydrogen) atoms. The number of hydrogen-bond acceptors (Lipinski definition) is 2. The molecule has 0 radical (unpaired) electrons. The smallest absolute Gasteiger partial charge is 0.106 e. The first-order valence-corrected chi connectivity index (χ1v) is 7.87. The molecule has 1 heterocycles. The van der Waals surface area contributed by atoms with Gasteiger partial charge >= 0.3 is 0 Å². The van der Waals surface area contributed by atoms with E-state index in [1.807, 2.05) is 13.0 Å². The van der Waals surface area contributed by atoms with Crippen molar-refractivity contribution in [3.05, 3.63) is 57.8 Å². The molecular formula is C17H19BrN2. The number of hydrogen-bond donors (Lipinski definition) is 1. The SMILES string of the molecule is Cc1ccc(C2CC(Nc3ccc(Br)nc3C)C2)cc1. The summed E-state index contributed by atoms with van der Waals surface area (Å²) < 4.78 is 0.895. The molecule has 1 fully saturated rings. The van der Waals surface area contributed by atoms with Crippen LogP contribution in [0.5, 0.6) is 0 Å². The van der Waals surface area contributed by atoms with E-state index in [1.54, 1.807) is 0 Å². The van der Waals surface area contributed by atoms with Crippen LogP contribution in [0.25, 0.3) is 0 Å². The maximum Gasteiger partial charge on any atom is 0.106 e. The van der Waals surface area contributed by atoms with Gasteiger partial charge in [0.25, 0.3) is 0 Å². The predicted molar refractivity (Wildman–Crippen MR) is 87.2 cm³/mol. The van der Waals surface area contributed by atoms with Crippen molar-refractivity contribution in [2.75, 3.05) is 5.32 Å². The highest BCUT2D eigenvalue weighted by atomic mass is 79.9. The van der Waals surface area contributed by atoms with Gasteiger partial charge in [0.15, 0.2) is 0 Å². The number of anilines is 1. The molecule has 104 valence electrons. The lowest BCUT2D eigenvalue weighted by Crippen LogP contribution is -2.34. The van der Waals surface area contributed by atoms with E-state index in [0.29, 0.717) is 12.0 Å². The molecule has 1 aliphatic carbocycles. The summed E-state index contributed by atoms with van der Waals surface area (Å²) in [7, 11) is 0. The Hall–Kier alpha value is -1.35. The molecule has 3 heteroatoms. The molecule has 0 aliphatic heterocycles. The van der Waals surface area contributed by atoms with Gasteiger partial charge in [0.05, 0.1) is 11.4 Å². The number of rotatable bonds is 3. The van der Waals surface area contributed by atoms with Crippen molar-refractivity contribution < 1.29 is 0 Å². The van der Waals surface area contributed by atoms with Crippen LogP contribution in [0.2, 0.25) is 0 Å². The maximum absolute atomic E-state index is 4.43. The first-order chi connectivity index (χ1) is 9.61. The van der Waals surface area contributed by atoms with Gasteiger partial charge in [-0.15, -0.1) is 0 Å². The quantitative estimate of drug-likeness (QED) is 0.816. The monoisotopic (exact) mass is 330 g/mol. The van der Waals surface area contributed by atoms with Crippen molar-refractivity contribution in [3.63, 3.8) is 0 Å². The summed E-state index contributed by atoms with van der Waals surface area (Å²) in [5.74, 6) is 0.705. The second kappa shape index (κ2) is 5.57. The summed E-state index contributed by atoms with van der Waals surface area (Å²) in [4.78, 5) is 4.43. The van der Waals surface area contributed by atoms with Crippen LogP contribution in [-0.4, -0.2) is 11.0 Å². The number of halogens is 1. The Morgan fingerprint density at radius 1 is 1.05 bits per heavy atom. The van der Waals surface area contributed by atoms with Crippen molar-refractivity contribution in [3.8, 4) is 0 Å². The molecule has 1 N–H and O–H groups in total. The van der Waals surface area contributed by atoms with E-state index in [4.69, 9.17) is 0 Å². The van der Waals surface area contributed by atoms with Crippen molar-refractivity contribution in [2.45, 2.75) is 38.6 Å². The molecule has 0 bridgehead atoms. The van der Waals surface area contributed by atoms with Crippen molar-refractivity contribution in [1.29, 1.82) is 0 Å². The first-order valence-electron chi connectivity index (χ1n) is 7.08. The fourth-order valence-electron chi connectivity index (χ4n) is 2.75. The number of aromatic nitrogens is 1. The van der Waals surface area contributed by atoms with E-state index in [-0.39, 0.29) is 0 Å². The van der Waals surface area contributed by atoms with Gasteiger partial charge in [-0.25, -0.2) is 4.98 Å². The number of aryl methyl sites for hydroxylation is 2. The van der Waals surface area contributed by atoms with Gasteiger partial charge in [-0.1, -0.05) is 29.8 Å². The lowest BCUT2D eigenvalue weighted by Gasteiger charge is -2.37. The molecule has 1 aliphatic rings. The van der Waals surface area contributed by atoms with Crippen LogP contribution in [0.3, 0.4) is 0 Å². The summed E-state index contributed by atoms with van der Waals surface area (Å²) in [5, 5.41) is 3.60. The lowest BCUT2D eigenvalue weighted by atomic mass is 9.75. The predicted octanol–water partition coefficient (Wildman–Crippen LogP) is 4.82. The highest BCUT2D eigenvalue weighted by molar-refractivity contribution is 9.10. The molecule has 0 atom stereocenters. The molecule has 0 saturated heterocycles. The van der Waals surface area contributed by atoms with Crippen LogP contribution in [0.4, 0.5) is 5.69 Å². The molecule has 0 amide bonds. The summed E-state index contributed by atoms with van der Waals surface area (Å²) in [6, 6.07) is 13.6. The second-order valence-electron chi connectivity index (χ2n) is 5.69. The van der Waals surface area contributed by atoms with Crippen LogP contribution in [0, 0.1) is 13.8 Å². The van der Waals surface area contributed by atoms with Crippen molar-refractivity contribution >= 4 is 21.6 Å². The van der Waals surface area contributed by atoms with Crippen LogP contribution >= 0.6 is 15.9 Å². The minimum absolute atomic E-state index is 0.572. The number of benzene rings is 1. The third-order valence-electron chi connectivity index (χ3n) is 4.10. The number of nitrogens with zero attached hydrogens (tertiary/aromatic N) is 1. The lowest BCUT2D eigenvalue weighted by molar-refractivity contribution is 0.374. The Morgan fingerprint density at radius 2 is 1.75 bits per heavy atom. The van der Waals surface area contributed by atoms with Crippen LogP contribution in [0.1, 0.15) is 35.6 Å². The largest absolute Gasteiger partial charge is 0.381 e. The van der Waals surface area contributed by atoms with Crippen molar-refractivity contribution in [2.24, 2.45) is 0 Å². The van der Waals surface area contributed by atoms with Gasteiger partial charge in [-0.2, -0.15) is 0 Å². The van der Waals surface area contributed by atoms with E-state index < -0.39 is 0 Å². The molecule has 0 unspecified atom stereocenters. The van der Waals surface area contributed by atoms with Crippen LogP contribution < -0.4 is 5.32 Å². The summed E-state index contributed by atoms with van der Waals surface area (Å²) in [5.41, 5.74) is 5.01. The van der Waals surface area contributed by atoms with E-state index in [0.717, 1.165) is 16.0 Å². The second-order valence-corrected chi connectivity index (χ2v) is 6.50. The zero-order valence-corrected chi connectivity index (χ0v) is 13.4. The average Bonchev–Trinajstić information content (AvgIpc) is 2.37. The molecule has 2 aromatic rings. The van der Waals surface area contributed by atoms with E-state index in [2.05, 4.69) is 63.5 Å². The molecule has 0 spiro atoms. The Morgan fingerprint density at radius 3 is 2.40 bits per heavy atom. The first kappa shape index (κ1) is 13.6. The standard InChI is InChI=1S/C17H19BrN2/c1-11-3-5-13(6-4-11)14-9-15(10-14)20-16-7-8-17(18)19-12(16)2/h3-8,14-15,20H,9-10H2,1-2H3. The Bertz CT molecular complexity index is 601. The van der Waals surface area contributed by atoms with Gasteiger partial charge in [0.2, 0.25) is 0 Å². The Labute approximate surface area is 128 Å². The normalized spacial score (nSPS) is 21.4. The third kappa shape index (κ3) is 2.88. The number of pyridine rings is 1. The Balaban J connectivity index is 1.59. The van der Waals surface area contributed by atoms with E-state index in [1.165, 1.54) is 24.0 Å². The zero-order chi connectivity index (χ0) is 14.1. The van der Waals surface area contributed by atoms with Gasteiger partial charge in [0.1, 0.15) is 4.60 Å². The van der Waals surface area contributed by atoms with Crippen molar-refractivity contribution in [1.82, 2.24) is 4.98 Å². The topological polar surface area (TPSA) is 24.9 Å². The molecule has 1 aromatic carbocycles. The number of nitrogens with one attached hydrogen (secondary N) is 1. The third-order valence-corrected chi connectivity index (χ3v) is 4.54.